The molecule has 0 heterocycles. The van der Waals surface area contributed by atoms with Crippen LogP contribution in [0, 0.1) is 5.92 Å². The quantitative estimate of drug-likeness (QED) is 0.550. The van der Waals surface area contributed by atoms with Gasteiger partial charge < -0.3 is 4.74 Å². The number of methoxy groups -OCH3 is 1. The monoisotopic (exact) mass is 168 g/mol. The van der Waals surface area contributed by atoms with Gasteiger partial charge in [0.15, 0.2) is 5.78 Å². The summed E-state index contributed by atoms with van der Waals surface area (Å²) in [6, 6.07) is 0. The Morgan fingerprint density at radius 2 is 2.25 bits per heavy atom. The first-order valence-electron chi connectivity index (χ1n) is 3.91. The number of carbonyl (C=O) groups is 2. The van der Waals surface area contributed by atoms with Crippen LogP contribution in [0.15, 0.2) is 11.6 Å². The van der Waals surface area contributed by atoms with Gasteiger partial charge >= 0.3 is 5.97 Å². The summed E-state index contributed by atoms with van der Waals surface area (Å²) in [4.78, 5) is 22.1. The molecule has 0 amide bonds. The van der Waals surface area contributed by atoms with Crippen molar-refractivity contribution in [2.45, 2.75) is 19.8 Å². The Morgan fingerprint density at radius 1 is 1.58 bits per heavy atom. The molecule has 1 unspecified atom stereocenters. The zero-order valence-corrected chi connectivity index (χ0v) is 7.29. The van der Waals surface area contributed by atoms with Crippen LogP contribution in [-0.2, 0) is 14.3 Å². The van der Waals surface area contributed by atoms with Gasteiger partial charge in [-0.05, 0) is 19.4 Å². The summed E-state index contributed by atoms with van der Waals surface area (Å²) in [5.41, 5.74) is 0.960. The van der Waals surface area contributed by atoms with Gasteiger partial charge in [-0.3, -0.25) is 9.59 Å². The highest BCUT2D eigenvalue weighted by atomic mass is 16.5. The van der Waals surface area contributed by atoms with Crippen molar-refractivity contribution in [3.05, 3.63) is 11.6 Å². The fourth-order valence-electron chi connectivity index (χ4n) is 1.43. The molecule has 0 aromatic carbocycles. The van der Waals surface area contributed by atoms with E-state index in [4.69, 9.17) is 0 Å². The summed E-state index contributed by atoms with van der Waals surface area (Å²) in [6.07, 6.45) is 2.54. The van der Waals surface area contributed by atoms with Crippen LogP contribution in [-0.4, -0.2) is 18.9 Å². The highest BCUT2D eigenvalue weighted by Gasteiger charge is 2.25. The van der Waals surface area contributed by atoms with Crippen LogP contribution in [0.4, 0.5) is 0 Å². The van der Waals surface area contributed by atoms with Gasteiger partial charge in [0.1, 0.15) is 0 Å². The van der Waals surface area contributed by atoms with Crippen LogP contribution in [0.1, 0.15) is 19.8 Å². The third-order valence-corrected chi connectivity index (χ3v) is 1.96. The predicted molar refractivity (Wildman–Crippen MR) is 43.5 cm³/mol. The average Bonchev–Trinajstić information content (AvgIpc) is 2.01. The first-order valence-corrected chi connectivity index (χ1v) is 3.91. The minimum Gasteiger partial charge on any atom is -0.469 e. The zero-order chi connectivity index (χ0) is 9.14. The molecule has 0 aliphatic heterocycles. The smallest absolute Gasteiger partial charge is 0.309 e. The van der Waals surface area contributed by atoms with Crippen molar-refractivity contribution in [3.8, 4) is 0 Å². The van der Waals surface area contributed by atoms with E-state index in [0.717, 1.165) is 5.57 Å². The molecule has 0 fully saturated rings. The van der Waals surface area contributed by atoms with Gasteiger partial charge in [0.25, 0.3) is 0 Å². The highest BCUT2D eigenvalue weighted by molar-refractivity contribution is 5.94. The molecule has 0 spiro atoms. The average molecular weight is 168 g/mol. The first-order chi connectivity index (χ1) is 5.63. The molecule has 66 valence electrons. The maximum Gasteiger partial charge on any atom is 0.309 e. The molecule has 0 aromatic heterocycles. The van der Waals surface area contributed by atoms with Crippen LogP contribution in [0.5, 0.6) is 0 Å². The number of carbonyl (C=O) groups excluding carboxylic acids is 2. The molecule has 0 radical (unpaired) electrons. The number of hydrogen-bond donors (Lipinski definition) is 0. The Kier molecular flexibility index (Phi) is 2.63. The van der Waals surface area contributed by atoms with E-state index in [1.807, 2.05) is 6.92 Å². The fraction of sp³-hybridized carbons (Fsp3) is 0.556. The lowest BCUT2D eigenvalue weighted by atomic mass is 9.89. The van der Waals surface area contributed by atoms with Crippen LogP contribution >= 0.6 is 0 Å². The molecule has 0 saturated heterocycles. The standard InChI is InChI=1S/C9H12O3/c1-6-3-7(9(11)12-2)5-8(10)4-6/h4,7H,3,5H2,1-2H3. The molecule has 12 heavy (non-hydrogen) atoms. The van der Waals surface area contributed by atoms with E-state index < -0.39 is 0 Å². The van der Waals surface area contributed by atoms with Gasteiger partial charge in [0, 0.05) is 6.42 Å². The SMILES string of the molecule is COC(=O)C1CC(=O)C=C(C)C1. The molecule has 0 saturated carbocycles. The van der Waals surface area contributed by atoms with E-state index in [9.17, 15) is 9.59 Å². The molecule has 1 atom stereocenters. The van der Waals surface area contributed by atoms with Crippen LogP contribution in [0.25, 0.3) is 0 Å². The normalized spacial score (nSPS) is 23.3. The Morgan fingerprint density at radius 3 is 2.75 bits per heavy atom. The van der Waals surface area contributed by atoms with Gasteiger partial charge in [0.05, 0.1) is 13.0 Å². The van der Waals surface area contributed by atoms with Crippen molar-refractivity contribution in [3.63, 3.8) is 0 Å². The Labute approximate surface area is 71.4 Å². The van der Waals surface area contributed by atoms with Gasteiger partial charge in [-0.25, -0.2) is 0 Å². The molecule has 3 heteroatoms. The number of ether oxygens (including phenoxy) is 1. The lowest BCUT2D eigenvalue weighted by Gasteiger charge is -2.17. The molecule has 0 N–H and O–H groups in total. The van der Waals surface area contributed by atoms with Gasteiger partial charge in [-0.2, -0.15) is 0 Å². The van der Waals surface area contributed by atoms with E-state index in [-0.39, 0.29) is 17.7 Å². The van der Waals surface area contributed by atoms with Crippen LogP contribution in [0.2, 0.25) is 0 Å². The maximum atomic E-state index is 11.1. The summed E-state index contributed by atoms with van der Waals surface area (Å²) in [6.45, 7) is 1.85. The summed E-state index contributed by atoms with van der Waals surface area (Å²) in [5.74, 6) is -0.516. The van der Waals surface area contributed by atoms with E-state index in [2.05, 4.69) is 4.74 Å². The van der Waals surface area contributed by atoms with E-state index in [1.165, 1.54) is 7.11 Å². The van der Waals surface area contributed by atoms with Crippen molar-refractivity contribution < 1.29 is 14.3 Å². The van der Waals surface area contributed by atoms with Crippen molar-refractivity contribution in [2.75, 3.05) is 7.11 Å². The molecule has 0 bridgehead atoms. The minimum absolute atomic E-state index is 0.0224. The number of esters is 1. The van der Waals surface area contributed by atoms with E-state index >= 15 is 0 Å². The molecule has 1 aliphatic rings. The minimum atomic E-state index is -0.282. The van der Waals surface area contributed by atoms with Crippen molar-refractivity contribution in [1.82, 2.24) is 0 Å². The second kappa shape index (κ2) is 3.52. The zero-order valence-electron chi connectivity index (χ0n) is 7.29. The van der Waals surface area contributed by atoms with E-state index in [0.29, 0.717) is 12.8 Å². The molecule has 1 aliphatic carbocycles. The third kappa shape index (κ3) is 1.94. The van der Waals surface area contributed by atoms with Crippen LogP contribution < -0.4 is 0 Å². The predicted octanol–water partition coefficient (Wildman–Crippen LogP) is 1.08. The fourth-order valence-corrected chi connectivity index (χ4v) is 1.43. The molecule has 0 aromatic rings. The van der Waals surface area contributed by atoms with Gasteiger partial charge in [-0.15, -0.1) is 0 Å². The summed E-state index contributed by atoms with van der Waals surface area (Å²) in [7, 11) is 1.35. The van der Waals surface area contributed by atoms with E-state index in [1.54, 1.807) is 6.08 Å². The molecule has 3 nitrogen and oxygen atoms in total. The van der Waals surface area contributed by atoms with Crippen molar-refractivity contribution in [1.29, 1.82) is 0 Å². The van der Waals surface area contributed by atoms with Crippen molar-refractivity contribution in [2.24, 2.45) is 5.92 Å². The van der Waals surface area contributed by atoms with Gasteiger partial charge in [0.2, 0.25) is 0 Å². The number of hydrogen-bond acceptors (Lipinski definition) is 3. The summed E-state index contributed by atoms with van der Waals surface area (Å²) < 4.78 is 4.57. The molecular weight excluding hydrogens is 156 g/mol. The Balaban J connectivity index is 2.67. The molecule has 1 rings (SSSR count). The Bertz CT molecular complexity index is 240. The number of rotatable bonds is 1. The Hall–Kier alpha value is -1.12. The van der Waals surface area contributed by atoms with Crippen LogP contribution in [0.3, 0.4) is 0 Å². The highest BCUT2D eigenvalue weighted by Crippen LogP contribution is 2.22. The summed E-state index contributed by atoms with van der Waals surface area (Å²) >= 11 is 0. The van der Waals surface area contributed by atoms with Crippen molar-refractivity contribution >= 4 is 11.8 Å². The topological polar surface area (TPSA) is 43.4 Å². The second-order valence-corrected chi connectivity index (χ2v) is 3.09. The lowest BCUT2D eigenvalue weighted by molar-refractivity contribution is -0.147. The third-order valence-electron chi connectivity index (χ3n) is 1.96. The molecular formula is C9H12O3. The van der Waals surface area contributed by atoms with Gasteiger partial charge in [-0.1, -0.05) is 5.57 Å². The number of allylic oxidation sites excluding steroid dienone is 2. The summed E-state index contributed by atoms with van der Waals surface area (Å²) in [5, 5.41) is 0. The lowest BCUT2D eigenvalue weighted by Crippen LogP contribution is -2.22. The second-order valence-electron chi connectivity index (χ2n) is 3.09. The largest absolute Gasteiger partial charge is 0.469 e. The first kappa shape index (κ1) is 8.97. The maximum absolute atomic E-state index is 11.1. The number of ketones is 1.